The van der Waals surface area contributed by atoms with Crippen molar-refractivity contribution in [2.45, 2.75) is 19.8 Å². The maximum absolute atomic E-state index is 11.0. The van der Waals surface area contributed by atoms with Crippen LogP contribution in [0.5, 0.6) is 0 Å². The van der Waals surface area contributed by atoms with Gasteiger partial charge in [0.05, 0.1) is 16.6 Å². The van der Waals surface area contributed by atoms with Gasteiger partial charge >= 0.3 is 5.97 Å². The molecule has 6 heteroatoms. The highest BCUT2D eigenvalue weighted by molar-refractivity contribution is 7.07. The highest BCUT2D eigenvalue weighted by Crippen LogP contribution is 2.28. The predicted octanol–water partition coefficient (Wildman–Crippen LogP) is 3.47. The van der Waals surface area contributed by atoms with Crippen LogP contribution < -0.4 is 4.80 Å². The van der Waals surface area contributed by atoms with Gasteiger partial charge in [0.25, 0.3) is 0 Å². The lowest BCUT2D eigenvalue weighted by Gasteiger charge is -2.08. The van der Waals surface area contributed by atoms with Crippen LogP contribution >= 0.6 is 22.9 Å². The van der Waals surface area contributed by atoms with Crippen LogP contribution in [0.25, 0.3) is 0 Å². The normalized spacial score (nSPS) is 13.5. The Labute approximate surface area is 126 Å². The van der Waals surface area contributed by atoms with Crippen LogP contribution in [0.2, 0.25) is 5.02 Å². The molecule has 0 radical (unpaired) electrons. The van der Waals surface area contributed by atoms with Crippen molar-refractivity contribution in [3.8, 4) is 0 Å². The number of carboxylic acids is 1. The van der Waals surface area contributed by atoms with Gasteiger partial charge in [0.1, 0.15) is 0 Å². The summed E-state index contributed by atoms with van der Waals surface area (Å²) in [6.07, 6.45) is 0. The number of hydrogen-bond acceptors (Lipinski definition) is 3. The van der Waals surface area contributed by atoms with Gasteiger partial charge in [0.2, 0.25) is 0 Å². The number of carboxylic acid groups (broad SMARTS) is 1. The quantitative estimate of drug-likeness (QED) is 0.943. The number of hydrogen-bond donors (Lipinski definition) is 1. The molecule has 1 aromatic carbocycles. The molecule has 0 aliphatic heterocycles. The van der Waals surface area contributed by atoms with E-state index in [9.17, 15) is 4.79 Å². The molecule has 0 saturated carbocycles. The summed E-state index contributed by atoms with van der Waals surface area (Å²) in [6, 6.07) is 5.18. The second-order valence-corrected chi connectivity index (χ2v) is 5.85. The summed E-state index contributed by atoms with van der Waals surface area (Å²) in [5, 5.41) is 11.5. The number of aryl methyl sites for hydroxylation is 1. The van der Waals surface area contributed by atoms with Gasteiger partial charge < -0.3 is 9.67 Å². The van der Waals surface area contributed by atoms with E-state index in [1.165, 1.54) is 11.3 Å². The maximum Gasteiger partial charge on any atom is 0.310 e. The zero-order chi connectivity index (χ0) is 14.9. The SMILES string of the molecule is Cc1csc(=Nc2ccc(C(C)C(=O)O)cc2Cl)n1C. The molecule has 0 aliphatic carbocycles. The van der Waals surface area contributed by atoms with Crippen LogP contribution in [0.1, 0.15) is 24.1 Å². The Kier molecular flexibility index (Phi) is 4.30. The van der Waals surface area contributed by atoms with Crippen molar-refractivity contribution in [1.29, 1.82) is 0 Å². The van der Waals surface area contributed by atoms with Crippen molar-refractivity contribution in [2.24, 2.45) is 12.0 Å². The second-order valence-electron chi connectivity index (χ2n) is 4.60. The lowest BCUT2D eigenvalue weighted by atomic mass is 10.0. The van der Waals surface area contributed by atoms with Crippen LogP contribution in [0.3, 0.4) is 0 Å². The first-order chi connectivity index (χ1) is 9.40. The summed E-state index contributed by atoms with van der Waals surface area (Å²) >= 11 is 7.73. The van der Waals surface area contributed by atoms with E-state index in [0.29, 0.717) is 16.3 Å². The second kappa shape index (κ2) is 5.81. The van der Waals surface area contributed by atoms with Gasteiger partial charge in [-0.3, -0.25) is 4.79 Å². The number of thiazole rings is 1. The van der Waals surface area contributed by atoms with E-state index in [4.69, 9.17) is 16.7 Å². The highest BCUT2D eigenvalue weighted by Gasteiger charge is 2.14. The smallest absolute Gasteiger partial charge is 0.310 e. The Morgan fingerprint density at radius 2 is 2.20 bits per heavy atom. The fourth-order valence-corrected chi connectivity index (χ4v) is 2.80. The van der Waals surface area contributed by atoms with Crippen molar-refractivity contribution in [2.75, 3.05) is 0 Å². The van der Waals surface area contributed by atoms with Crippen molar-refractivity contribution in [3.05, 3.63) is 44.7 Å². The fourth-order valence-electron chi connectivity index (χ4n) is 1.68. The predicted molar refractivity (Wildman–Crippen MR) is 80.8 cm³/mol. The van der Waals surface area contributed by atoms with Crippen LogP contribution in [-0.4, -0.2) is 15.6 Å². The van der Waals surface area contributed by atoms with Gasteiger partial charge in [-0.2, -0.15) is 0 Å². The average molecular weight is 311 g/mol. The third-order valence-electron chi connectivity index (χ3n) is 3.21. The van der Waals surface area contributed by atoms with Crippen molar-refractivity contribution in [3.63, 3.8) is 0 Å². The number of aromatic nitrogens is 1. The zero-order valence-electron chi connectivity index (χ0n) is 11.4. The number of nitrogens with zero attached hydrogens (tertiary/aromatic N) is 2. The molecule has 0 bridgehead atoms. The molecule has 1 aromatic heterocycles. The molecule has 2 aromatic rings. The molecule has 1 N–H and O–H groups in total. The minimum Gasteiger partial charge on any atom is -0.481 e. The first-order valence-electron chi connectivity index (χ1n) is 6.08. The molecule has 20 heavy (non-hydrogen) atoms. The highest BCUT2D eigenvalue weighted by atomic mass is 35.5. The van der Waals surface area contributed by atoms with E-state index in [0.717, 1.165) is 10.5 Å². The fraction of sp³-hybridized carbons (Fsp3) is 0.286. The molecular formula is C14H15ClN2O2S. The van der Waals surface area contributed by atoms with E-state index < -0.39 is 11.9 Å². The molecule has 0 fully saturated rings. The van der Waals surface area contributed by atoms with Gasteiger partial charge in [0, 0.05) is 18.1 Å². The average Bonchev–Trinajstić information content (AvgIpc) is 2.72. The molecule has 1 unspecified atom stereocenters. The number of aliphatic carboxylic acids is 1. The Balaban J connectivity index is 2.43. The number of halogens is 1. The minimum absolute atomic E-state index is 0.460. The van der Waals surface area contributed by atoms with E-state index in [2.05, 4.69) is 4.99 Å². The Hall–Kier alpha value is -1.59. The lowest BCUT2D eigenvalue weighted by Crippen LogP contribution is -2.11. The molecule has 0 amide bonds. The van der Waals surface area contributed by atoms with Crippen LogP contribution in [0.4, 0.5) is 5.69 Å². The molecule has 2 rings (SSSR count). The van der Waals surface area contributed by atoms with E-state index in [-0.39, 0.29) is 0 Å². The largest absolute Gasteiger partial charge is 0.481 e. The lowest BCUT2D eigenvalue weighted by molar-refractivity contribution is -0.138. The molecular weight excluding hydrogens is 296 g/mol. The van der Waals surface area contributed by atoms with Crippen molar-refractivity contribution in [1.82, 2.24) is 4.57 Å². The van der Waals surface area contributed by atoms with Gasteiger partial charge in [-0.25, -0.2) is 4.99 Å². The number of carbonyl (C=O) groups is 1. The van der Waals surface area contributed by atoms with Crippen molar-refractivity contribution < 1.29 is 9.90 Å². The summed E-state index contributed by atoms with van der Waals surface area (Å²) in [5.74, 6) is -1.45. The Morgan fingerprint density at radius 3 is 2.70 bits per heavy atom. The van der Waals surface area contributed by atoms with Gasteiger partial charge in [-0.05, 0) is 31.5 Å². The standard InChI is InChI=1S/C14H15ClN2O2S/c1-8-7-20-14(17(8)3)16-12-5-4-10(6-11(12)15)9(2)13(18)19/h4-7,9H,1-3H3,(H,18,19). The first-order valence-corrected chi connectivity index (χ1v) is 7.34. The van der Waals surface area contributed by atoms with Crippen molar-refractivity contribution >= 4 is 34.6 Å². The van der Waals surface area contributed by atoms with E-state index in [1.807, 2.05) is 23.9 Å². The van der Waals surface area contributed by atoms with Crippen LogP contribution in [0.15, 0.2) is 28.6 Å². The monoisotopic (exact) mass is 310 g/mol. The molecule has 0 spiro atoms. The van der Waals surface area contributed by atoms with E-state index >= 15 is 0 Å². The minimum atomic E-state index is -0.869. The molecule has 1 atom stereocenters. The summed E-state index contributed by atoms with van der Waals surface area (Å²) < 4.78 is 1.98. The summed E-state index contributed by atoms with van der Waals surface area (Å²) in [4.78, 5) is 16.3. The molecule has 4 nitrogen and oxygen atoms in total. The first kappa shape index (κ1) is 14.8. The Morgan fingerprint density at radius 1 is 1.50 bits per heavy atom. The van der Waals surface area contributed by atoms with Gasteiger partial charge in [-0.1, -0.05) is 17.7 Å². The molecule has 1 heterocycles. The van der Waals surface area contributed by atoms with Gasteiger partial charge in [-0.15, -0.1) is 11.3 Å². The summed E-state index contributed by atoms with van der Waals surface area (Å²) in [5.41, 5.74) is 2.44. The van der Waals surface area contributed by atoms with Crippen LogP contribution in [0, 0.1) is 6.92 Å². The topological polar surface area (TPSA) is 54.6 Å². The number of benzene rings is 1. The number of rotatable bonds is 3. The van der Waals surface area contributed by atoms with Crippen LogP contribution in [-0.2, 0) is 11.8 Å². The molecule has 106 valence electrons. The van der Waals surface area contributed by atoms with E-state index in [1.54, 1.807) is 25.1 Å². The molecule has 0 saturated heterocycles. The van der Waals surface area contributed by atoms with Gasteiger partial charge in [0.15, 0.2) is 4.80 Å². The third kappa shape index (κ3) is 2.94. The zero-order valence-corrected chi connectivity index (χ0v) is 13.0. The summed E-state index contributed by atoms with van der Waals surface area (Å²) in [7, 11) is 1.94. The summed E-state index contributed by atoms with van der Waals surface area (Å²) in [6.45, 7) is 3.64. The third-order valence-corrected chi connectivity index (χ3v) is 4.55. The molecule has 0 aliphatic rings. The maximum atomic E-state index is 11.0. The Bertz CT molecular complexity index is 718.